The van der Waals surface area contributed by atoms with Gasteiger partial charge in [-0.1, -0.05) is 22.8 Å². The van der Waals surface area contributed by atoms with E-state index in [-0.39, 0.29) is 19.8 Å². The van der Waals surface area contributed by atoms with Crippen molar-refractivity contribution >= 4 is 8.46 Å². The predicted molar refractivity (Wildman–Crippen MR) is 60.2 cm³/mol. The second kappa shape index (κ2) is 8.50. The molecule has 0 bridgehead atoms. The van der Waals surface area contributed by atoms with Crippen molar-refractivity contribution in [2.45, 2.75) is 5.71 Å². The number of rotatable bonds is 10. The minimum atomic E-state index is -1.55. The van der Waals surface area contributed by atoms with Gasteiger partial charge in [0.2, 0.25) is 0 Å². The smallest absolute Gasteiger partial charge is 0.282 e. The average molecular weight is 231 g/mol. The van der Waals surface area contributed by atoms with E-state index in [9.17, 15) is 4.57 Å². The molecule has 1 atom stereocenters. The van der Waals surface area contributed by atoms with Crippen LogP contribution in [0.2, 0.25) is 0 Å². The van der Waals surface area contributed by atoms with Gasteiger partial charge >= 0.3 is 14.2 Å². The first-order valence-electron chi connectivity index (χ1n) is 4.38. The summed E-state index contributed by atoms with van der Waals surface area (Å²) in [4.78, 5) is 0. The maximum atomic E-state index is 11.0. The quantitative estimate of drug-likeness (QED) is 0.328. The minimum absolute atomic E-state index is 0.184. The van der Waals surface area contributed by atoms with Crippen molar-refractivity contribution in [1.29, 1.82) is 0 Å². The lowest BCUT2D eigenvalue weighted by Gasteiger charge is -2.18. The van der Waals surface area contributed by atoms with Crippen LogP contribution < -0.4 is 0 Å². The molecule has 15 heavy (non-hydrogen) atoms. The monoisotopic (exact) mass is 231 g/mol. The Morgan fingerprint density at radius 2 is 1.27 bits per heavy atom. The fourth-order valence-electron chi connectivity index (χ4n) is 0.719. The maximum absolute atomic E-state index is 11.0. The average Bonchev–Trinajstić information content (AvgIpc) is 2.29. The van der Waals surface area contributed by atoms with E-state index in [1.807, 2.05) is 0 Å². The lowest BCUT2D eigenvalue weighted by Crippen LogP contribution is -2.33. The van der Waals surface area contributed by atoms with Gasteiger partial charge in [-0.05, 0) is 0 Å². The summed E-state index contributed by atoms with van der Waals surface area (Å²) in [6.45, 7) is 11.0. The molecule has 0 spiro atoms. The summed E-state index contributed by atoms with van der Waals surface area (Å²) in [6.07, 6.45) is 4.55. The molecule has 5 heteroatoms. The second-order valence-corrected chi connectivity index (χ2v) is 3.27. The molecular weight excluding hydrogens is 215 g/mol. The van der Waals surface area contributed by atoms with E-state index in [2.05, 4.69) is 19.7 Å². The third kappa shape index (κ3) is 5.60. The minimum Gasteiger partial charge on any atom is -0.282 e. The summed E-state index contributed by atoms with van der Waals surface area (Å²) in [5.41, 5.74) is -1.55. The van der Waals surface area contributed by atoms with Gasteiger partial charge in [0.15, 0.2) is 0 Å². The summed E-state index contributed by atoms with van der Waals surface area (Å²) < 4.78 is 26.5. The van der Waals surface area contributed by atoms with Gasteiger partial charge in [-0.3, -0.25) is 14.2 Å². The van der Waals surface area contributed by atoms with Crippen LogP contribution in [0.1, 0.15) is 0 Å². The van der Waals surface area contributed by atoms with Crippen molar-refractivity contribution in [1.82, 2.24) is 0 Å². The van der Waals surface area contributed by atoms with Crippen LogP contribution in [0.4, 0.5) is 0 Å². The van der Waals surface area contributed by atoms with Gasteiger partial charge in [-0.25, -0.2) is 0 Å². The maximum Gasteiger partial charge on any atom is 0.497 e. The molecule has 0 saturated heterocycles. The molecule has 0 aromatic heterocycles. The third-order valence-corrected chi connectivity index (χ3v) is 1.98. The van der Waals surface area contributed by atoms with Crippen molar-refractivity contribution in [3.63, 3.8) is 0 Å². The van der Waals surface area contributed by atoms with Gasteiger partial charge in [0, 0.05) is 0 Å². The van der Waals surface area contributed by atoms with Crippen LogP contribution in [0.3, 0.4) is 0 Å². The zero-order valence-corrected chi connectivity index (χ0v) is 9.61. The highest BCUT2D eigenvalue weighted by molar-refractivity contribution is 7.25. The molecule has 0 heterocycles. The fraction of sp³-hybridized carbons (Fsp3) is 0.400. The van der Waals surface area contributed by atoms with Crippen molar-refractivity contribution in [2.75, 3.05) is 19.8 Å². The lowest BCUT2D eigenvalue weighted by atomic mass is 10.7. The van der Waals surface area contributed by atoms with Crippen molar-refractivity contribution in [3.05, 3.63) is 38.0 Å². The van der Waals surface area contributed by atoms with E-state index in [0.29, 0.717) is 0 Å². The van der Waals surface area contributed by atoms with Crippen LogP contribution in [0, 0.1) is 0 Å². The molecule has 0 aromatic carbocycles. The van der Waals surface area contributed by atoms with Crippen LogP contribution in [-0.4, -0.2) is 25.5 Å². The van der Waals surface area contributed by atoms with Crippen LogP contribution in [0.25, 0.3) is 0 Å². The number of hydrogen-bond donors (Lipinski definition) is 0. The first kappa shape index (κ1) is 14.2. The largest absolute Gasteiger partial charge is 0.497 e. The van der Waals surface area contributed by atoms with E-state index >= 15 is 0 Å². The SMILES string of the molecule is C=CCOC(OCC=C)(OCC=C)[PH+]=O. The lowest BCUT2D eigenvalue weighted by molar-refractivity contribution is -0.309. The van der Waals surface area contributed by atoms with Gasteiger partial charge < -0.3 is 0 Å². The standard InChI is InChI=1S/C10H15O4P/c1-4-7-12-10(15-11,13-8-5-2)14-9-6-3/h4-6H,1-3,7-9H2/p+1. The molecule has 0 aromatic rings. The number of hydrogen-bond acceptors (Lipinski definition) is 4. The Labute approximate surface area is 91.4 Å². The van der Waals surface area contributed by atoms with Gasteiger partial charge in [-0.15, -0.1) is 19.7 Å². The Bertz CT molecular complexity index is 196. The molecule has 84 valence electrons. The summed E-state index contributed by atoms with van der Waals surface area (Å²) in [6, 6.07) is 0. The Balaban J connectivity index is 4.41. The second-order valence-electron chi connectivity index (χ2n) is 2.46. The molecule has 0 N–H and O–H groups in total. The van der Waals surface area contributed by atoms with Crippen LogP contribution in [0.5, 0.6) is 0 Å². The molecule has 0 saturated carbocycles. The molecule has 0 aliphatic rings. The molecule has 0 aliphatic heterocycles. The molecule has 4 nitrogen and oxygen atoms in total. The van der Waals surface area contributed by atoms with E-state index in [0.717, 1.165) is 0 Å². The third-order valence-electron chi connectivity index (χ3n) is 1.30. The summed E-state index contributed by atoms with van der Waals surface area (Å²) in [5, 5.41) is 0. The fourth-order valence-corrected chi connectivity index (χ4v) is 1.15. The summed E-state index contributed by atoms with van der Waals surface area (Å²) in [5.74, 6) is 0. The Hall–Kier alpha value is -0.800. The highest BCUT2D eigenvalue weighted by atomic mass is 31.1. The Morgan fingerprint density at radius 1 is 0.933 bits per heavy atom. The topological polar surface area (TPSA) is 44.8 Å². The highest BCUT2D eigenvalue weighted by Crippen LogP contribution is 2.28. The van der Waals surface area contributed by atoms with Gasteiger partial charge in [0.1, 0.15) is 0 Å². The first-order chi connectivity index (χ1) is 7.24. The number of ether oxygens (including phenoxy) is 3. The molecule has 0 aliphatic carbocycles. The molecule has 0 amide bonds. The first-order valence-corrected chi connectivity index (χ1v) is 5.29. The molecule has 0 radical (unpaired) electrons. The van der Waals surface area contributed by atoms with Gasteiger partial charge in [0.05, 0.1) is 19.8 Å². The predicted octanol–water partition coefficient (Wildman–Crippen LogP) is 2.23. The van der Waals surface area contributed by atoms with E-state index in [4.69, 9.17) is 14.2 Å². The molecule has 1 unspecified atom stereocenters. The van der Waals surface area contributed by atoms with Crippen LogP contribution in [-0.2, 0) is 18.8 Å². The van der Waals surface area contributed by atoms with Crippen molar-refractivity contribution in [2.24, 2.45) is 0 Å². The highest BCUT2D eigenvalue weighted by Gasteiger charge is 2.43. The van der Waals surface area contributed by atoms with Crippen LogP contribution >= 0.6 is 8.46 Å². The van der Waals surface area contributed by atoms with Gasteiger partial charge in [0.25, 0.3) is 0 Å². The Kier molecular flexibility index (Phi) is 8.05. The van der Waals surface area contributed by atoms with Crippen molar-refractivity contribution in [3.8, 4) is 0 Å². The Morgan fingerprint density at radius 3 is 1.47 bits per heavy atom. The molecular formula is C10H16O4P+. The zero-order valence-electron chi connectivity index (χ0n) is 8.61. The summed E-state index contributed by atoms with van der Waals surface area (Å²) >= 11 is 0. The zero-order chi connectivity index (χ0) is 11.6. The van der Waals surface area contributed by atoms with E-state index in [1.165, 1.54) is 18.2 Å². The molecule has 0 fully saturated rings. The van der Waals surface area contributed by atoms with E-state index < -0.39 is 14.2 Å². The van der Waals surface area contributed by atoms with Crippen LogP contribution in [0.15, 0.2) is 38.0 Å². The summed E-state index contributed by atoms with van der Waals surface area (Å²) in [7, 11) is -0.911. The van der Waals surface area contributed by atoms with Crippen molar-refractivity contribution < 1.29 is 18.8 Å². The normalized spacial score (nSPS) is 11.2. The van der Waals surface area contributed by atoms with E-state index in [1.54, 1.807) is 0 Å². The van der Waals surface area contributed by atoms with Gasteiger partial charge in [-0.2, -0.15) is 0 Å². The molecule has 0 rings (SSSR count).